The van der Waals surface area contributed by atoms with E-state index in [1.54, 1.807) is 0 Å². The van der Waals surface area contributed by atoms with E-state index in [1.165, 1.54) is 0 Å². The summed E-state index contributed by atoms with van der Waals surface area (Å²) in [6.07, 6.45) is 0.517. The maximum absolute atomic E-state index is 9.94. The normalized spacial score (nSPS) is 24.5. The monoisotopic (exact) mass is 274 g/mol. The van der Waals surface area contributed by atoms with Crippen LogP contribution in [0.2, 0.25) is 0 Å². The third-order valence-corrected chi connectivity index (χ3v) is 3.60. The molecule has 2 heterocycles. The first-order valence-electron chi connectivity index (χ1n) is 7.24. The summed E-state index contributed by atoms with van der Waals surface area (Å²) in [7, 11) is 0. The molecule has 2 saturated heterocycles. The number of nitrogens with zero attached hydrogens (tertiary/aromatic N) is 2. The average Bonchev–Trinajstić information content (AvgIpc) is 2.49. The maximum atomic E-state index is 9.94. The molecule has 2 fully saturated rings. The van der Waals surface area contributed by atoms with Gasteiger partial charge in [0.25, 0.3) is 0 Å². The summed E-state index contributed by atoms with van der Waals surface area (Å²) in [6.45, 7) is 8.87. The molecule has 2 rings (SSSR count). The number of aliphatic hydroxyl groups is 1. The van der Waals surface area contributed by atoms with Gasteiger partial charge in [0.1, 0.15) is 6.23 Å². The van der Waals surface area contributed by atoms with Crippen LogP contribution in [0.15, 0.2) is 0 Å². The molecule has 6 heteroatoms. The summed E-state index contributed by atoms with van der Waals surface area (Å²) in [5, 5.41) is 9.94. The molecule has 19 heavy (non-hydrogen) atoms. The Labute approximate surface area is 115 Å². The fourth-order valence-electron chi connectivity index (χ4n) is 2.38. The topological polar surface area (TPSA) is 54.4 Å². The van der Waals surface area contributed by atoms with Crippen molar-refractivity contribution in [3.63, 3.8) is 0 Å². The van der Waals surface area contributed by atoms with Crippen molar-refractivity contribution in [2.45, 2.75) is 12.6 Å². The Balaban J connectivity index is 1.46. The van der Waals surface area contributed by atoms with E-state index >= 15 is 0 Å². The van der Waals surface area contributed by atoms with Crippen LogP contribution in [0.4, 0.5) is 0 Å². The molecule has 0 aliphatic carbocycles. The van der Waals surface area contributed by atoms with Gasteiger partial charge in [-0.3, -0.25) is 9.80 Å². The number of hydrogen-bond acceptors (Lipinski definition) is 6. The van der Waals surface area contributed by atoms with Crippen LogP contribution in [0.5, 0.6) is 0 Å². The van der Waals surface area contributed by atoms with Gasteiger partial charge in [-0.25, -0.2) is 0 Å². The maximum Gasteiger partial charge on any atom is 0.131 e. The first-order valence-corrected chi connectivity index (χ1v) is 7.24. The molecule has 0 saturated carbocycles. The zero-order chi connectivity index (χ0) is 13.3. The molecular formula is C13H26N2O4. The highest BCUT2D eigenvalue weighted by molar-refractivity contribution is 4.65. The predicted molar refractivity (Wildman–Crippen MR) is 71.1 cm³/mol. The molecular weight excluding hydrogens is 248 g/mol. The van der Waals surface area contributed by atoms with E-state index in [0.717, 1.165) is 52.4 Å². The molecule has 2 aliphatic heterocycles. The zero-order valence-electron chi connectivity index (χ0n) is 11.6. The van der Waals surface area contributed by atoms with E-state index in [9.17, 15) is 5.11 Å². The van der Waals surface area contributed by atoms with Crippen molar-refractivity contribution in [3.8, 4) is 0 Å². The molecule has 0 aromatic rings. The largest absolute Gasteiger partial charge is 0.379 e. The van der Waals surface area contributed by atoms with Gasteiger partial charge >= 0.3 is 0 Å². The number of rotatable bonds is 7. The predicted octanol–water partition coefficient (Wildman–Crippen LogP) is -0.624. The SMILES string of the molecule is OC(COCCCN1CCOCC1)N1CCOCC1. The standard InChI is InChI=1S/C13H26N2O4/c16-13(15-5-10-18-11-6-15)12-19-7-1-2-14-3-8-17-9-4-14/h13,16H,1-12H2. The quantitative estimate of drug-likeness (QED) is 0.624. The second-order valence-electron chi connectivity index (χ2n) is 5.01. The first-order chi connectivity index (χ1) is 9.36. The Morgan fingerprint density at radius 3 is 2.32 bits per heavy atom. The number of ether oxygens (including phenoxy) is 3. The molecule has 1 unspecified atom stereocenters. The highest BCUT2D eigenvalue weighted by Gasteiger charge is 2.18. The van der Waals surface area contributed by atoms with Crippen LogP contribution in [0.3, 0.4) is 0 Å². The van der Waals surface area contributed by atoms with Crippen molar-refractivity contribution in [2.75, 3.05) is 72.4 Å². The smallest absolute Gasteiger partial charge is 0.131 e. The van der Waals surface area contributed by atoms with E-state index in [4.69, 9.17) is 14.2 Å². The van der Waals surface area contributed by atoms with Crippen LogP contribution >= 0.6 is 0 Å². The number of morpholine rings is 2. The lowest BCUT2D eigenvalue weighted by Crippen LogP contribution is -2.45. The minimum absolute atomic E-state index is 0.392. The highest BCUT2D eigenvalue weighted by atomic mass is 16.5. The second kappa shape index (κ2) is 8.84. The lowest BCUT2D eigenvalue weighted by Gasteiger charge is -2.31. The fraction of sp³-hybridized carbons (Fsp3) is 1.00. The molecule has 0 aromatic carbocycles. The molecule has 1 N–H and O–H groups in total. The van der Waals surface area contributed by atoms with Crippen molar-refractivity contribution in [1.82, 2.24) is 9.80 Å². The van der Waals surface area contributed by atoms with Crippen LogP contribution in [0, 0.1) is 0 Å². The van der Waals surface area contributed by atoms with Gasteiger partial charge in [-0.2, -0.15) is 0 Å². The molecule has 1 atom stereocenters. The Hall–Kier alpha value is -0.240. The third-order valence-electron chi connectivity index (χ3n) is 3.60. The summed E-state index contributed by atoms with van der Waals surface area (Å²) in [5.41, 5.74) is 0. The van der Waals surface area contributed by atoms with Crippen molar-refractivity contribution in [2.24, 2.45) is 0 Å². The molecule has 2 aliphatic rings. The van der Waals surface area contributed by atoms with Gasteiger partial charge in [0.05, 0.1) is 33.0 Å². The van der Waals surface area contributed by atoms with Crippen molar-refractivity contribution < 1.29 is 19.3 Å². The van der Waals surface area contributed by atoms with E-state index in [2.05, 4.69) is 4.90 Å². The van der Waals surface area contributed by atoms with Gasteiger partial charge in [0.2, 0.25) is 0 Å². The van der Waals surface area contributed by atoms with Crippen LogP contribution in [0.1, 0.15) is 6.42 Å². The van der Waals surface area contributed by atoms with Crippen LogP contribution in [-0.4, -0.2) is 93.5 Å². The molecule has 112 valence electrons. The van der Waals surface area contributed by atoms with E-state index < -0.39 is 6.23 Å². The van der Waals surface area contributed by atoms with Crippen LogP contribution < -0.4 is 0 Å². The summed E-state index contributed by atoms with van der Waals surface area (Å²) in [5.74, 6) is 0. The van der Waals surface area contributed by atoms with E-state index in [-0.39, 0.29) is 0 Å². The number of hydrogen-bond donors (Lipinski definition) is 1. The summed E-state index contributed by atoms with van der Waals surface area (Å²) in [6, 6.07) is 0. The molecule has 0 radical (unpaired) electrons. The van der Waals surface area contributed by atoms with Gasteiger partial charge in [0.15, 0.2) is 0 Å². The minimum atomic E-state index is -0.493. The summed E-state index contributed by atoms with van der Waals surface area (Å²) in [4.78, 5) is 4.40. The molecule has 6 nitrogen and oxygen atoms in total. The van der Waals surface area contributed by atoms with Gasteiger partial charge in [-0.1, -0.05) is 0 Å². The number of aliphatic hydroxyl groups excluding tert-OH is 1. The van der Waals surface area contributed by atoms with Gasteiger partial charge in [-0.15, -0.1) is 0 Å². The highest BCUT2D eigenvalue weighted by Crippen LogP contribution is 2.03. The van der Waals surface area contributed by atoms with E-state index in [1.807, 2.05) is 4.90 Å². The molecule has 0 amide bonds. The zero-order valence-corrected chi connectivity index (χ0v) is 11.6. The van der Waals surface area contributed by atoms with Gasteiger partial charge in [-0.05, 0) is 6.42 Å². The van der Waals surface area contributed by atoms with Gasteiger partial charge in [0, 0.05) is 39.3 Å². The Kier molecular flexibility index (Phi) is 7.05. The Bertz CT molecular complexity index is 231. The second-order valence-corrected chi connectivity index (χ2v) is 5.01. The fourth-order valence-corrected chi connectivity index (χ4v) is 2.38. The lowest BCUT2D eigenvalue weighted by molar-refractivity contribution is -0.0941. The molecule has 0 spiro atoms. The van der Waals surface area contributed by atoms with Crippen LogP contribution in [0.25, 0.3) is 0 Å². The Morgan fingerprint density at radius 2 is 1.63 bits per heavy atom. The minimum Gasteiger partial charge on any atom is -0.379 e. The van der Waals surface area contributed by atoms with Crippen molar-refractivity contribution >= 4 is 0 Å². The lowest BCUT2D eigenvalue weighted by atomic mass is 10.3. The first kappa shape index (κ1) is 15.2. The molecule has 0 aromatic heterocycles. The van der Waals surface area contributed by atoms with Crippen molar-refractivity contribution in [3.05, 3.63) is 0 Å². The average molecular weight is 274 g/mol. The van der Waals surface area contributed by atoms with Crippen LogP contribution in [-0.2, 0) is 14.2 Å². The Morgan fingerprint density at radius 1 is 1.00 bits per heavy atom. The third kappa shape index (κ3) is 5.72. The van der Waals surface area contributed by atoms with Gasteiger partial charge < -0.3 is 19.3 Å². The summed E-state index contributed by atoms with van der Waals surface area (Å²) >= 11 is 0. The van der Waals surface area contributed by atoms with E-state index in [0.29, 0.717) is 26.4 Å². The molecule has 0 bridgehead atoms. The summed E-state index contributed by atoms with van der Waals surface area (Å²) < 4.78 is 16.1. The van der Waals surface area contributed by atoms with Crippen molar-refractivity contribution in [1.29, 1.82) is 0 Å².